The minimum Gasteiger partial charge on any atom is -0.444 e. The number of carbonyl (C=O) groups excluding carboxylic acids is 2. The quantitative estimate of drug-likeness (QED) is 0.837. The maximum atomic E-state index is 12.3. The number of nitrogens with zero attached hydrogens (tertiary/aromatic N) is 2. The number of amides is 2. The Labute approximate surface area is 144 Å². The molecular weight excluding hydrogens is 338 g/mol. The number of hydrogen-bond acceptors (Lipinski definition) is 5. The first-order valence-corrected chi connectivity index (χ1v) is 8.37. The van der Waals surface area contributed by atoms with E-state index in [4.69, 9.17) is 16.3 Å². The fourth-order valence-corrected chi connectivity index (χ4v) is 3.56. The molecular formula is C15H20ClN3O3S. The van der Waals surface area contributed by atoms with Crippen LogP contribution < -0.4 is 5.32 Å². The van der Waals surface area contributed by atoms with E-state index in [1.165, 1.54) is 16.2 Å². The number of ether oxygens (including phenoxy) is 1. The van der Waals surface area contributed by atoms with Crippen LogP contribution in [0.4, 0.5) is 4.79 Å². The monoisotopic (exact) mass is 357 g/mol. The molecule has 0 bridgehead atoms. The van der Waals surface area contributed by atoms with Gasteiger partial charge in [0.15, 0.2) is 0 Å². The maximum Gasteiger partial charge on any atom is 0.414 e. The number of aliphatic imine (C=N–C) groups is 1. The lowest BCUT2D eigenvalue weighted by Gasteiger charge is -2.34. The molecule has 0 unspecified atom stereocenters. The zero-order chi connectivity index (χ0) is 17.4. The van der Waals surface area contributed by atoms with Crippen molar-refractivity contribution in [3.05, 3.63) is 21.3 Å². The summed E-state index contributed by atoms with van der Waals surface area (Å²) < 4.78 is 5.21. The first-order chi connectivity index (χ1) is 10.5. The van der Waals surface area contributed by atoms with Gasteiger partial charge in [-0.3, -0.25) is 15.0 Å². The molecule has 1 aromatic rings. The lowest BCUT2D eigenvalue weighted by molar-refractivity contribution is -0.128. The third-order valence-electron chi connectivity index (χ3n) is 3.26. The Morgan fingerprint density at radius 2 is 2.17 bits per heavy atom. The van der Waals surface area contributed by atoms with Gasteiger partial charge in [-0.05, 0) is 39.1 Å². The summed E-state index contributed by atoms with van der Waals surface area (Å²) in [5.41, 5.74) is -1.44. The van der Waals surface area contributed by atoms with Gasteiger partial charge >= 0.3 is 6.09 Å². The van der Waals surface area contributed by atoms with Crippen molar-refractivity contribution in [3.63, 3.8) is 0 Å². The van der Waals surface area contributed by atoms with E-state index in [1.54, 1.807) is 33.9 Å². The highest BCUT2D eigenvalue weighted by Gasteiger charge is 2.39. The molecule has 0 aliphatic carbocycles. The summed E-state index contributed by atoms with van der Waals surface area (Å²) in [5.74, 6) is 0.000456. The molecule has 2 heterocycles. The summed E-state index contributed by atoms with van der Waals surface area (Å²) in [4.78, 5) is 30.9. The molecule has 8 heteroatoms. The van der Waals surface area contributed by atoms with Crippen molar-refractivity contribution in [2.24, 2.45) is 4.99 Å². The average Bonchev–Trinajstić information content (AvgIpc) is 2.80. The molecule has 1 aromatic heterocycles. The van der Waals surface area contributed by atoms with E-state index in [1.807, 2.05) is 12.3 Å². The highest BCUT2D eigenvalue weighted by atomic mass is 35.5. The van der Waals surface area contributed by atoms with Crippen LogP contribution in [0.1, 0.15) is 39.0 Å². The van der Waals surface area contributed by atoms with Gasteiger partial charge in [0.05, 0.1) is 16.3 Å². The lowest BCUT2D eigenvalue weighted by Crippen LogP contribution is -2.52. The van der Waals surface area contributed by atoms with Gasteiger partial charge in [0.25, 0.3) is 0 Å². The zero-order valence-corrected chi connectivity index (χ0v) is 15.3. The number of carbonyl (C=O) groups is 2. The number of thiophene rings is 1. The predicted molar refractivity (Wildman–Crippen MR) is 90.9 cm³/mol. The Kier molecular flexibility index (Phi) is 4.73. The van der Waals surface area contributed by atoms with Gasteiger partial charge in [-0.2, -0.15) is 0 Å². The molecule has 6 nitrogen and oxygen atoms in total. The highest BCUT2D eigenvalue weighted by molar-refractivity contribution is 7.10. The van der Waals surface area contributed by atoms with Crippen molar-refractivity contribution in [2.45, 2.75) is 45.3 Å². The number of halogens is 1. The van der Waals surface area contributed by atoms with Gasteiger partial charge in [-0.15, -0.1) is 11.3 Å². The average molecular weight is 358 g/mol. The van der Waals surface area contributed by atoms with Crippen molar-refractivity contribution in [1.82, 2.24) is 10.2 Å². The molecule has 1 atom stereocenters. The Morgan fingerprint density at radius 3 is 2.70 bits per heavy atom. The largest absolute Gasteiger partial charge is 0.444 e. The minimum atomic E-state index is -0.806. The summed E-state index contributed by atoms with van der Waals surface area (Å²) in [5, 5.41) is 4.96. The molecule has 0 aromatic carbocycles. The Hall–Kier alpha value is -1.60. The standard InChI is InChI=1S/C15H20ClN3O3S/c1-14(2,3)22-13(21)17-12-18-15(4,8-10(20)19(12)5)11-9(16)6-7-23-11/h6-7H,8H2,1-5H3,(H,17,18,21)/t15-/m0/s1. The predicted octanol–water partition coefficient (Wildman–Crippen LogP) is 3.36. The maximum absolute atomic E-state index is 12.3. The van der Waals surface area contributed by atoms with Crippen LogP contribution in [-0.4, -0.2) is 35.5 Å². The molecule has 2 amide bonds. The third kappa shape index (κ3) is 4.03. The number of rotatable bonds is 1. The van der Waals surface area contributed by atoms with Crippen LogP contribution in [0.5, 0.6) is 0 Å². The highest BCUT2D eigenvalue weighted by Crippen LogP contribution is 2.40. The molecule has 2 rings (SSSR count). The molecule has 0 saturated heterocycles. The van der Waals surface area contributed by atoms with Crippen molar-refractivity contribution in [3.8, 4) is 0 Å². The van der Waals surface area contributed by atoms with Gasteiger partial charge in [0, 0.05) is 7.05 Å². The molecule has 0 fully saturated rings. The smallest absolute Gasteiger partial charge is 0.414 e. The summed E-state index contributed by atoms with van der Waals surface area (Å²) in [6, 6.07) is 1.77. The molecule has 0 radical (unpaired) electrons. The van der Waals surface area contributed by atoms with Crippen LogP contribution in [0.2, 0.25) is 5.02 Å². The third-order valence-corrected chi connectivity index (χ3v) is 4.85. The van der Waals surface area contributed by atoms with Gasteiger partial charge in [-0.1, -0.05) is 11.6 Å². The fourth-order valence-electron chi connectivity index (χ4n) is 2.20. The van der Waals surface area contributed by atoms with Gasteiger partial charge in [-0.25, -0.2) is 9.79 Å². The van der Waals surface area contributed by atoms with Crippen molar-refractivity contribution in [2.75, 3.05) is 7.05 Å². The number of nitrogens with one attached hydrogen (secondary N) is 1. The molecule has 23 heavy (non-hydrogen) atoms. The second kappa shape index (κ2) is 6.13. The number of alkyl carbamates (subject to hydrolysis) is 1. The SMILES string of the molecule is CN1C(=O)C[C@@](C)(c2sccc2Cl)N=C1NC(=O)OC(C)(C)C. The Morgan fingerprint density at radius 1 is 1.52 bits per heavy atom. The number of guanidine groups is 1. The van der Waals surface area contributed by atoms with E-state index < -0.39 is 17.2 Å². The Bertz CT molecular complexity index is 665. The molecule has 1 aliphatic heterocycles. The van der Waals surface area contributed by atoms with Gasteiger partial charge in [0.1, 0.15) is 11.1 Å². The van der Waals surface area contributed by atoms with E-state index in [0.29, 0.717) is 5.02 Å². The molecule has 1 aliphatic rings. The van der Waals surface area contributed by atoms with Crippen LogP contribution in [-0.2, 0) is 15.1 Å². The zero-order valence-electron chi connectivity index (χ0n) is 13.8. The van der Waals surface area contributed by atoms with E-state index in [-0.39, 0.29) is 18.3 Å². The summed E-state index contributed by atoms with van der Waals surface area (Å²) in [6.45, 7) is 7.12. The minimum absolute atomic E-state index is 0.155. The van der Waals surface area contributed by atoms with E-state index >= 15 is 0 Å². The topological polar surface area (TPSA) is 71.0 Å². The fraction of sp³-hybridized carbons (Fsp3) is 0.533. The van der Waals surface area contributed by atoms with E-state index in [9.17, 15) is 9.59 Å². The van der Waals surface area contributed by atoms with E-state index in [2.05, 4.69) is 10.3 Å². The van der Waals surface area contributed by atoms with Crippen LogP contribution >= 0.6 is 22.9 Å². The molecule has 126 valence electrons. The van der Waals surface area contributed by atoms with Crippen LogP contribution in [0.3, 0.4) is 0 Å². The molecule has 0 saturated carbocycles. The van der Waals surface area contributed by atoms with Gasteiger partial charge in [0.2, 0.25) is 11.9 Å². The van der Waals surface area contributed by atoms with Crippen molar-refractivity contribution >= 4 is 40.9 Å². The normalized spacial score (nSPS) is 21.9. The van der Waals surface area contributed by atoms with Crippen LogP contribution in [0, 0.1) is 0 Å². The molecule has 0 spiro atoms. The van der Waals surface area contributed by atoms with E-state index in [0.717, 1.165) is 4.88 Å². The Balaban J connectivity index is 2.31. The number of hydrogen-bond donors (Lipinski definition) is 1. The van der Waals surface area contributed by atoms with Gasteiger partial charge < -0.3 is 4.74 Å². The second-order valence-electron chi connectivity index (χ2n) is 6.56. The lowest BCUT2D eigenvalue weighted by atomic mass is 9.94. The summed E-state index contributed by atoms with van der Waals surface area (Å²) >= 11 is 7.63. The van der Waals surface area contributed by atoms with Crippen LogP contribution in [0.15, 0.2) is 16.4 Å². The first-order valence-electron chi connectivity index (χ1n) is 7.12. The molecule has 1 N–H and O–H groups in total. The van der Waals surface area contributed by atoms with Crippen LogP contribution in [0.25, 0.3) is 0 Å². The first kappa shape index (κ1) is 17.7. The summed E-state index contributed by atoms with van der Waals surface area (Å²) in [7, 11) is 1.56. The van der Waals surface area contributed by atoms with Crippen molar-refractivity contribution < 1.29 is 14.3 Å². The van der Waals surface area contributed by atoms with Crippen molar-refractivity contribution in [1.29, 1.82) is 0 Å². The second-order valence-corrected chi connectivity index (χ2v) is 7.89. The summed E-state index contributed by atoms with van der Waals surface area (Å²) in [6.07, 6.45) is -0.471.